The van der Waals surface area contributed by atoms with Gasteiger partial charge in [0, 0.05) is 10.0 Å². The van der Waals surface area contributed by atoms with Crippen LogP contribution in [0.15, 0.2) is 22.7 Å². The van der Waals surface area contributed by atoms with Gasteiger partial charge in [-0.25, -0.2) is 18.6 Å². The fourth-order valence-corrected chi connectivity index (χ4v) is 2.20. The molecule has 0 radical (unpaired) electrons. The predicted octanol–water partition coefficient (Wildman–Crippen LogP) is 3.17. The number of nitrogens with zero attached hydrogens (tertiary/aromatic N) is 1. The molecule has 0 aliphatic rings. The zero-order chi connectivity index (χ0) is 16.4. The number of esters is 1. The van der Waals surface area contributed by atoms with Gasteiger partial charge in [-0.15, -0.1) is 0 Å². The van der Waals surface area contributed by atoms with E-state index in [1.165, 1.54) is 19.2 Å². The second kappa shape index (κ2) is 6.27. The van der Waals surface area contributed by atoms with Crippen molar-refractivity contribution < 1.29 is 23.0 Å². The van der Waals surface area contributed by atoms with Crippen molar-refractivity contribution in [2.45, 2.75) is 0 Å². The molecule has 0 atom stereocenters. The summed E-state index contributed by atoms with van der Waals surface area (Å²) >= 11 is 3.10. The van der Waals surface area contributed by atoms with Crippen LogP contribution >= 0.6 is 15.9 Å². The largest absolute Gasteiger partial charge is 0.492 e. The highest BCUT2D eigenvalue weighted by Crippen LogP contribution is 2.35. The first-order valence-electron chi connectivity index (χ1n) is 5.97. The van der Waals surface area contributed by atoms with E-state index in [2.05, 4.69) is 25.7 Å². The fourth-order valence-electron chi connectivity index (χ4n) is 1.87. The Morgan fingerprint density at radius 2 is 2.00 bits per heavy atom. The lowest BCUT2D eigenvalue weighted by Gasteiger charge is -2.13. The second-order valence-corrected chi connectivity index (χ2v) is 5.10. The van der Waals surface area contributed by atoms with Gasteiger partial charge in [0.05, 0.1) is 14.2 Å². The number of nitrogen functional groups attached to an aromatic ring is 1. The number of hydrogen-bond donors (Lipinski definition) is 1. The molecule has 0 aliphatic heterocycles. The molecular weight excluding hydrogens is 362 g/mol. The fraction of sp³-hybridized carbons (Fsp3) is 0.143. The third kappa shape index (κ3) is 2.74. The minimum atomic E-state index is -0.981. The molecule has 22 heavy (non-hydrogen) atoms. The molecule has 0 unspecified atom stereocenters. The first-order chi connectivity index (χ1) is 10.4. The molecule has 0 aliphatic carbocycles. The van der Waals surface area contributed by atoms with Gasteiger partial charge in [-0.2, -0.15) is 0 Å². The average Bonchev–Trinajstić information content (AvgIpc) is 2.49. The maximum atomic E-state index is 14.4. The monoisotopic (exact) mass is 372 g/mol. The molecule has 0 bridgehead atoms. The van der Waals surface area contributed by atoms with E-state index in [0.717, 1.165) is 13.2 Å². The van der Waals surface area contributed by atoms with Crippen molar-refractivity contribution in [2.75, 3.05) is 20.0 Å². The van der Waals surface area contributed by atoms with Crippen molar-refractivity contribution in [3.8, 4) is 17.0 Å². The molecule has 2 N–H and O–H groups in total. The number of anilines is 1. The molecule has 2 rings (SSSR count). The Labute approximate surface area is 133 Å². The standard InChI is InChI=1S/C14H11BrF2N2O3/c1-21-13-10(18)9(17)11(19-12(13)14(20)22-2)7-4-3-6(15)5-8(7)16/h3-5H,1-2H3,(H2,18,19). The Morgan fingerprint density at radius 3 is 2.55 bits per heavy atom. The van der Waals surface area contributed by atoms with Crippen LogP contribution in [0.5, 0.6) is 5.75 Å². The van der Waals surface area contributed by atoms with Crippen molar-refractivity contribution in [2.24, 2.45) is 0 Å². The summed E-state index contributed by atoms with van der Waals surface area (Å²) in [5.74, 6) is -2.83. The van der Waals surface area contributed by atoms with E-state index in [1.54, 1.807) is 0 Å². The zero-order valence-corrected chi connectivity index (χ0v) is 13.2. The molecule has 1 aromatic heterocycles. The van der Waals surface area contributed by atoms with E-state index in [-0.39, 0.29) is 17.0 Å². The van der Waals surface area contributed by atoms with Crippen molar-refractivity contribution in [1.29, 1.82) is 0 Å². The van der Waals surface area contributed by atoms with Crippen LogP contribution in [0, 0.1) is 11.6 Å². The first kappa shape index (κ1) is 16.2. The number of hydrogen-bond acceptors (Lipinski definition) is 5. The number of nitrogens with two attached hydrogens (primary N) is 1. The van der Waals surface area contributed by atoms with Gasteiger partial charge < -0.3 is 15.2 Å². The topological polar surface area (TPSA) is 74.4 Å². The van der Waals surface area contributed by atoms with E-state index in [0.29, 0.717) is 4.47 Å². The van der Waals surface area contributed by atoms with Gasteiger partial charge in [0.2, 0.25) is 0 Å². The van der Waals surface area contributed by atoms with Crippen molar-refractivity contribution in [3.05, 3.63) is 40.0 Å². The Hall–Kier alpha value is -2.22. The Morgan fingerprint density at radius 1 is 1.32 bits per heavy atom. The minimum absolute atomic E-state index is 0.139. The molecule has 0 fully saturated rings. The van der Waals surface area contributed by atoms with Crippen molar-refractivity contribution in [1.82, 2.24) is 4.98 Å². The quantitative estimate of drug-likeness (QED) is 0.837. The van der Waals surface area contributed by atoms with Crippen LogP contribution < -0.4 is 10.5 Å². The number of aromatic nitrogens is 1. The minimum Gasteiger partial charge on any atom is -0.492 e. The van der Waals surface area contributed by atoms with Crippen LogP contribution in [0.3, 0.4) is 0 Å². The zero-order valence-electron chi connectivity index (χ0n) is 11.6. The molecule has 116 valence electrons. The SMILES string of the molecule is COC(=O)c1nc(-c2ccc(Br)cc2F)c(F)c(N)c1OC. The summed E-state index contributed by atoms with van der Waals surface area (Å²) in [5, 5.41) is 0. The van der Waals surface area contributed by atoms with Crippen LogP contribution in [0.2, 0.25) is 0 Å². The van der Waals surface area contributed by atoms with Crippen LogP contribution in [0.1, 0.15) is 10.5 Å². The normalized spacial score (nSPS) is 10.4. The summed E-state index contributed by atoms with van der Waals surface area (Å²) in [6.07, 6.45) is 0. The smallest absolute Gasteiger partial charge is 0.360 e. The molecule has 8 heteroatoms. The molecule has 0 amide bonds. The molecule has 5 nitrogen and oxygen atoms in total. The number of methoxy groups -OCH3 is 2. The maximum Gasteiger partial charge on any atom is 0.360 e. The number of rotatable bonds is 3. The number of carbonyl (C=O) groups excluding carboxylic acids is 1. The summed E-state index contributed by atoms with van der Waals surface area (Å²) in [4.78, 5) is 15.6. The maximum absolute atomic E-state index is 14.4. The van der Waals surface area contributed by atoms with E-state index in [9.17, 15) is 13.6 Å². The summed E-state index contributed by atoms with van der Waals surface area (Å²) in [7, 11) is 2.34. The van der Waals surface area contributed by atoms with E-state index >= 15 is 0 Å². The lowest BCUT2D eigenvalue weighted by molar-refractivity contribution is 0.0590. The van der Waals surface area contributed by atoms with Crippen LogP contribution in [-0.2, 0) is 4.74 Å². The van der Waals surface area contributed by atoms with Gasteiger partial charge in [0.1, 0.15) is 17.2 Å². The Kier molecular flexibility index (Phi) is 4.60. The number of halogens is 3. The third-order valence-electron chi connectivity index (χ3n) is 2.90. The van der Waals surface area contributed by atoms with Crippen molar-refractivity contribution >= 4 is 27.6 Å². The van der Waals surface area contributed by atoms with Gasteiger partial charge in [-0.3, -0.25) is 0 Å². The first-order valence-corrected chi connectivity index (χ1v) is 6.76. The summed E-state index contributed by atoms with van der Waals surface area (Å²) in [5.41, 5.74) is 4.31. The number of benzene rings is 1. The lowest BCUT2D eigenvalue weighted by atomic mass is 10.1. The highest BCUT2D eigenvalue weighted by atomic mass is 79.9. The number of ether oxygens (including phenoxy) is 2. The second-order valence-electron chi connectivity index (χ2n) is 4.19. The number of carbonyl (C=O) groups is 1. The highest BCUT2D eigenvalue weighted by Gasteiger charge is 2.25. The summed E-state index contributed by atoms with van der Waals surface area (Å²) in [6, 6.07) is 3.98. The average molecular weight is 373 g/mol. The molecule has 1 aromatic carbocycles. The van der Waals surface area contributed by atoms with Crippen LogP contribution in [0.4, 0.5) is 14.5 Å². The van der Waals surface area contributed by atoms with Gasteiger partial charge in [0.25, 0.3) is 0 Å². The van der Waals surface area contributed by atoms with Crippen molar-refractivity contribution in [3.63, 3.8) is 0 Å². The summed E-state index contributed by atoms with van der Waals surface area (Å²) in [6.45, 7) is 0. The van der Waals surface area contributed by atoms with E-state index in [1.807, 2.05) is 0 Å². The Balaban J connectivity index is 2.76. The molecule has 0 saturated heterocycles. The van der Waals surface area contributed by atoms with E-state index < -0.39 is 29.0 Å². The van der Waals surface area contributed by atoms with Gasteiger partial charge in [-0.1, -0.05) is 15.9 Å². The predicted molar refractivity (Wildman–Crippen MR) is 79.6 cm³/mol. The van der Waals surface area contributed by atoms with Crippen LogP contribution in [0.25, 0.3) is 11.3 Å². The lowest BCUT2D eigenvalue weighted by Crippen LogP contribution is -2.12. The summed E-state index contributed by atoms with van der Waals surface area (Å²) < 4.78 is 38.3. The van der Waals surface area contributed by atoms with Gasteiger partial charge in [0.15, 0.2) is 17.3 Å². The third-order valence-corrected chi connectivity index (χ3v) is 3.39. The molecular formula is C14H11BrF2N2O3. The number of pyridine rings is 1. The van der Waals surface area contributed by atoms with Crippen LogP contribution in [-0.4, -0.2) is 25.2 Å². The van der Waals surface area contributed by atoms with E-state index in [4.69, 9.17) is 10.5 Å². The molecule has 0 saturated carbocycles. The van der Waals surface area contributed by atoms with Gasteiger partial charge >= 0.3 is 5.97 Å². The highest BCUT2D eigenvalue weighted by molar-refractivity contribution is 9.10. The molecule has 1 heterocycles. The molecule has 2 aromatic rings. The Bertz CT molecular complexity index is 753. The van der Waals surface area contributed by atoms with Gasteiger partial charge in [-0.05, 0) is 18.2 Å². The molecule has 0 spiro atoms.